The highest BCUT2D eigenvalue weighted by atomic mass is 16.3. The van der Waals surface area contributed by atoms with E-state index in [1.807, 2.05) is 19.9 Å². The van der Waals surface area contributed by atoms with Crippen LogP contribution in [0.1, 0.15) is 62.7 Å². The lowest BCUT2D eigenvalue weighted by molar-refractivity contribution is -0.157. The molecule has 2 saturated carbocycles. The van der Waals surface area contributed by atoms with Crippen molar-refractivity contribution in [2.45, 2.75) is 76.6 Å². The predicted molar refractivity (Wildman–Crippen MR) is 127 cm³/mol. The van der Waals surface area contributed by atoms with Gasteiger partial charge in [0.05, 0.1) is 11.1 Å². The van der Waals surface area contributed by atoms with E-state index in [0.717, 1.165) is 32.2 Å². The summed E-state index contributed by atoms with van der Waals surface area (Å²) in [6.45, 7) is 5.83. The van der Waals surface area contributed by atoms with Crippen LogP contribution in [-0.2, 0) is 6.54 Å². The van der Waals surface area contributed by atoms with E-state index in [1.54, 1.807) is 22.8 Å². The van der Waals surface area contributed by atoms with Crippen molar-refractivity contribution >= 4 is 16.8 Å². The van der Waals surface area contributed by atoms with Gasteiger partial charge in [-0.05, 0) is 62.5 Å². The van der Waals surface area contributed by atoms with Crippen molar-refractivity contribution in [1.82, 2.24) is 14.8 Å². The van der Waals surface area contributed by atoms with Crippen molar-refractivity contribution in [3.05, 3.63) is 40.2 Å². The second-order valence-electron chi connectivity index (χ2n) is 10.9. The van der Waals surface area contributed by atoms with Gasteiger partial charge in [-0.3, -0.25) is 14.5 Å². The van der Waals surface area contributed by atoms with Crippen LogP contribution in [0.25, 0.3) is 10.9 Å². The van der Waals surface area contributed by atoms with Crippen LogP contribution in [0.15, 0.2) is 29.1 Å². The molecule has 2 atom stereocenters. The highest BCUT2D eigenvalue weighted by molar-refractivity contribution is 6.02. The molecule has 6 rings (SSSR count). The van der Waals surface area contributed by atoms with E-state index in [4.69, 9.17) is 0 Å². The molecule has 7 heteroatoms. The van der Waals surface area contributed by atoms with Crippen molar-refractivity contribution in [3.63, 3.8) is 0 Å². The number of nitrogens with zero attached hydrogens (tertiary/aromatic N) is 2. The summed E-state index contributed by atoms with van der Waals surface area (Å²) in [6.07, 6.45) is 5.82. The normalized spacial score (nSPS) is 28.7. The summed E-state index contributed by atoms with van der Waals surface area (Å²) in [6, 6.07) is 8.07. The van der Waals surface area contributed by atoms with Gasteiger partial charge in [0.2, 0.25) is 0 Å². The van der Waals surface area contributed by atoms with Crippen LogP contribution in [0.3, 0.4) is 0 Å². The molecule has 4 aliphatic rings. The molecule has 7 nitrogen and oxygen atoms in total. The number of pyridine rings is 1. The van der Waals surface area contributed by atoms with E-state index < -0.39 is 17.1 Å². The number of carbonyl (C=O) groups is 1. The Labute approximate surface area is 194 Å². The zero-order chi connectivity index (χ0) is 23.3. The molecule has 2 saturated heterocycles. The molecule has 2 aliphatic heterocycles. The molecule has 1 amide bonds. The number of aromatic hydroxyl groups is 1. The number of amides is 1. The minimum Gasteiger partial charge on any atom is -0.506 e. The maximum Gasteiger partial charge on any atom is 0.267 e. The Hall–Kier alpha value is -2.38. The molecular weight excluding hydrogens is 418 g/mol. The summed E-state index contributed by atoms with van der Waals surface area (Å²) < 4.78 is 1.60. The summed E-state index contributed by atoms with van der Waals surface area (Å²) in [5.41, 5.74) is -0.437. The first-order valence-corrected chi connectivity index (χ1v) is 12.4. The van der Waals surface area contributed by atoms with Crippen molar-refractivity contribution < 1.29 is 15.0 Å². The molecule has 4 fully saturated rings. The van der Waals surface area contributed by atoms with Crippen molar-refractivity contribution in [2.24, 2.45) is 11.8 Å². The highest BCUT2D eigenvalue weighted by Crippen LogP contribution is 2.51. The number of para-hydroxylation sites is 1. The van der Waals surface area contributed by atoms with E-state index in [9.17, 15) is 19.8 Å². The van der Waals surface area contributed by atoms with E-state index in [-0.39, 0.29) is 17.2 Å². The van der Waals surface area contributed by atoms with Gasteiger partial charge in [-0.25, -0.2) is 0 Å². The molecule has 3 N–H and O–H groups in total. The van der Waals surface area contributed by atoms with E-state index >= 15 is 0 Å². The fourth-order valence-electron chi connectivity index (χ4n) is 6.72. The van der Waals surface area contributed by atoms with Gasteiger partial charge in [-0.15, -0.1) is 0 Å². The third-order valence-corrected chi connectivity index (χ3v) is 7.85. The monoisotopic (exact) mass is 453 g/mol. The Morgan fingerprint density at radius 2 is 1.88 bits per heavy atom. The Kier molecular flexibility index (Phi) is 5.73. The van der Waals surface area contributed by atoms with Gasteiger partial charge < -0.3 is 20.1 Å². The van der Waals surface area contributed by atoms with E-state index in [2.05, 4.69) is 10.2 Å². The van der Waals surface area contributed by atoms with Gasteiger partial charge in [-0.1, -0.05) is 26.0 Å². The number of aliphatic hydroxyl groups is 1. The maximum atomic E-state index is 13.2. The Morgan fingerprint density at radius 1 is 1.18 bits per heavy atom. The topological polar surface area (TPSA) is 94.8 Å². The van der Waals surface area contributed by atoms with Gasteiger partial charge in [0.25, 0.3) is 11.5 Å². The lowest BCUT2D eigenvalue weighted by atomic mass is 9.61. The maximum absolute atomic E-state index is 13.2. The minimum absolute atomic E-state index is 0.175. The van der Waals surface area contributed by atoms with Crippen LogP contribution in [-0.4, -0.2) is 56.4 Å². The zero-order valence-electron chi connectivity index (χ0n) is 19.6. The van der Waals surface area contributed by atoms with Gasteiger partial charge in [0.1, 0.15) is 11.3 Å². The Balaban J connectivity index is 1.27. The minimum atomic E-state index is -0.518. The van der Waals surface area contributed by atoms with Crippen molar-refractivity contribution in [3.8, 4) is 5.75 Å². The first kappa shape index (κ1) is 22.4. The fraction of sp³-hybridized carbons (Fsp3) is 0.615. The van der Waals surface area contributed by atoms with Gasteiger partial charge in [0.15, 0.2) is 0 Å². The van der Waals surface area contributed by atoms with Gasteiger partial charge in [-0.2, -0.15) is 0 Å². The second kappa shape index (κ2) is 8.44. The number of aromatic nitrogens is 1. The summed E-state index contributed by atoms with van der Waals surface area (Å²) in [5, 5.41) is 24.9. The zero-order valence-corrected chi connectivity index (χ0v) is 19.6. The number of rotatable bonds is 7. The molecule has 0 spiro atoms. The predicted octanol–water partition coefficient (Wildman–Crippen LogP) is 2.86. The number of nitrogens with one attached hydrogen (secondary N) is 1. The Morgan fingerprint density at radius 3 is 2.55 bits per heavy atom. The largest absolute Gasteiger partial charge is 0.506 e. The Bertz CT molecular complexity index is 1110. The summed E-state index contributed by atoms with van der Waals surface area (Å²) in [4.78, 5) is 28.7. The first-order chi connectivity index (χ1) is 15.8. The van der Waals surface area contributed by atoms with Crippen LogP contribution in [0, 0.1) is 11.8 Å². The smallest absolute Gasteiger partial charge is 0.267 e. The first-order valence-electron chi connectivity index (χ1n) is 12.4. The highest BCUT2D eigenvalue weighted by Gasteiger charge is 2.53. The lowest BCUT2D eigenvalue weighted by Crippen LogP contribution is -2.64. The third kappa shape index (κ3) is 4.06. The third-order valence-electron chi connectivity index (χ3n) is 7.85. The molecule has 4 bridgehead atoms. The summed E-state index contributed by atoms with van der Waals surface area (Å²) >= 11 is 0. The van der Waals surface area contributed by atoms with E-state index in [1.165, 1.54) is 12.8 Å². The molecule has 1 aromatic carbocycles. The molecule has 2 unspecified atom stereocenters. The van der Waals surface area contributed by atoms with Gasteiger partial charge in [0, 0.05) is 37.1 Å². The van der Waals surface area contributed by atoms with Crippen molar-refractivity contribution in [2.75, 3.05) is 13.1 Å². The standard InChI is InChI=1S/C26H35N3O4/c1-16(2)15-29-21-7-4-3-6-20(21)23(30)22(25(29)32)24(31)27-8-5-9-28-18-10-17-11-19(28)14-26(33,12-17)13-18/h3-4,6-7,16-19,30,33H,5,8-15H2,1-2H3,(H,27,31). The van der Waals surface area contributed by atoms with Crippen molar-refractivity contribution in [1.29, 1.82) is 0 Å². The number of piperidine rings is 2. The summed E-state index contributed by atoms with van der Waals surface area (Å²) in [5.74, 6) is 0.119. The molecule has 0 radical (unpaired) electrons. The fourth-order valence-corrected chi connectivity index (χ4v) is 6.72. The number of benzene rings is 1. The molecule has 2 aliphatic carbocycles. The average molecular weight is 454 g/mol. The molecule has 178 valence electrons. The number of hydrogen-bond acceptors (Lipinski definition) is 5. The second-order valence-corrected chi connectivity index (χ2v) is 10.9. The SMILES string of the molecule is CC(C)Cn1c(=O)c(C(=O)NCCCN2C3CC4CC2CC(O)(C4)C3)c(O)c2ccccc21. The number of fused-ring (bicyclic) bond motifs is 1. The molecule has 3 heterocycles. The quantitative estimate of drug-likeness (QED) is 0.561. The van der Waals surface area contributed by atoms with Gasteiger partial charge >= 0.3 is 0 Å². The summed E-state index contributed by atoms with van der Waals surface area (Å²) in [7, 11) is 0. The molecular formula is C26H35N3O4. The van der Waals surface area contributed by atoms with E-state index in [0.29, 0.717) is 42.0 Å². The van der Waals surface area contributed by atoms with Crippen LogP contribution < -0.4 is 10.9 Å². The van der Waals surface area contributed by atoms with Crippen LogP contribution in [0.2, 0.25) is 0 Å². The number of hydrogen-bond donors (Lipinski definition) is 3. The lowest BCUT2D eigenvalue weighted by Gasteiger charge is -2.60. The molecule has 1 aromatic heterocycles. The van der Waals surface area contributed by atoms with Crippen LogP contribution in [0.5, 0.6) is 5.75 Å². The molecule has 2 aromatic rings. The molecule has 33 heavy (non-hydrogen) atoms. The number of carbonyl (C=O) groups excluding carboxylic acids is 1. The van der Waals surface area contributed by atoms with Crippen LogP contribution >= 0.6 is 0 Å². The average Bonchev–Trinajstić information content (AvgIpc) is 2.74. The van der Waals surface area contributed by atoms with Crippen LogP contribution in [0.4, 0.5) is 0 Å².